The van der Waals surface area contributed by atoms with Gasteiger partial charge < -0.3 is 19.5 Å². The van der Waals surface area contributed by atoms with Crippen molar-refractivity contribution in [1.82, 2.24) is 10.2 Å². The van der Waals surface area contributed by atoms with E-state index >= 15 is 0 Å². The number of likely N-dealkylation sites (tertiary alicyclic amines) is 1. The lowest BCUT2D eigenvalue weighted by molar-refractivity contribution is 0.144. The van der Waals surface area contributed by atoms with E-state index in [1.165, 1.54) is 51.0 Å². The van der Waals surface area contributed by atoms with E-state index in [4.69, 9.17) is 14.2 Å². The third kappa shape index (κ3) is 5.23. The van der Waals surface area contributed by atoms with Gasteiger partial charge in [0, 0.05) is 20.2 Å². The highest BCUT2D eigenvalue weighted by Crippen LogP contribution is 2.39. The van der Waals surface area contributed by atoms with Crippen LogP contribution in [0.25, 0.3) is 0 Å². The van der Waals surface area contributed by atoms with Crippen molar-refractivity contribution < 1.29 is 14.2 Å². The number of nitrogens with one attached hydrogen (secondary N) is 1. The number of methoxy groups -OCH3 is 2. The first-order chi connectivity index (χ1) is 11.7. The van der Waals surface area contributed by atoms with E-state index in [1.807, 2.05) is 6.07 Å². The molecule has 2 aliphatic rings. The van der Waals surface area contributed by atoms with Crippen LogP contribution in [0.15, 0.2) is 18.2 Å². The molecule has 2 aliphatic heterocycles. The van der Waals surface area contributed by atoms with Crippen molar-refractivity contribution in [2.45, 2.75) is 25.8 Å². The number of hydrogen-bond acceptors (Lipinski definition) is 5. The maximum Gasteiger partial charge on any atom is 0.161 e. The molecular formula is C19H31ClN2O3. The normalized spacial score (nSPS) is 19.6. The van der Waals surface area contributed by atoms with Crippen molar-refractivity contribution >= 4 is 12.4 Å². The summed E-state index contributed by atoms with van der Waals surface area (Å²) in [7, 11) is 3.37. The quantitative estimate of drug-likeness (QED) is 0.747. The highest BCUT2D eigenvalue weighted by Gasteiger charge is 2.38. The van der Waals surface area contributed by atoms with Crippen molar-refractivity contribution in [2.75, 3.05) is 53.6 Å². The Morgan fingerprint density at radius 2 is 1.88 bits per heavy atom. The standard InChI is InChI=1S/C19H30N2O3.ClH/c1-22-11-12-24-17-4-3-16(13-18(17)23-2)14-21-10-7-19(15-21)5-8-20-9-6-19;/h3-4,13,20H,5-12,14-15H2,1-2H3;1H. The average molecular weight is 371 g/mol. The lowest BCUT2D eigenvalue weighted by Gasteiger charge is -2.34. The van der Waals surface area contributed by atoms with Gasteiger partial charge in [-0.1, -0.05) is 6.07 Å². The van der Waals surface area contributed by atoms with Crippen LogP contribution in [0.5, 0.6) is 11.5 Å². The molecule has 0 bridgehead atoms. The van der Waals surface area contributed by atoms with Crippen LogP contribution in [-0.4, -0.2) is 58.5 Å². The minimum atomic E-state index is 0. The highest BCUT2D eigenvalue weighted by molar-refractivity contribution is 5.85. The Labute approximate surface area is 157 Å². The zero-order valence-corrected chi connectivity index (χ0v) is 16.2. The molecule has 5 nitrogen and oxygen atoms in total. The minimum Gasteiger partial charge on any atom is -0.493 e. The molecule has 0 atom stereocenters. The Bertz CT molecular complexity index is 535. The Morgan fingerprint density at radius 3 is 2.60 bits per heavy atom. The molecule has 2 fully saturated rings. The lowest BCUT2D eigenvalue weighted by atomic mass is 9.78. The maximum absolute atomic E-state index is 5.71. The number of ether oxygens (including phenoxy) is 3. The molecule has 1 spiro atoms. The predicted molar refractivity (Wildman–Crippen MR) is 102 cm³/mol. The van der Waals surface area contributed by atoms with Crippen LogP contribution in [0, 0.1) is 5.41 Å². The van der Waals surface area contributed by atoms with Gasteiger partial charge in [0.1, 0.15) is 6.61 Å². The zero-order chi connectivity index (χ0) is 16.8. The Kier molecular flexibility index (Phi) is 7.81. The first kappa shape index (κ1) is 20.3. The van der Waals surface area contributed by atoms with Crippen LogP contribution in [0.2, 0.25) is 0 Å². The summed E-state index contributed by atoms with van der Waals surface area (Å²) >= 11 is 0. The number of halogens is 1. The average Bonchev–Trinajstić information content (AvgIpc) is 2.98. The van der Waals surface area contributed by atoms with Crippen LogP contribution >= 0.6 is 12.4 Å². The SMILES string of the molecule is COCCOc1ccc(CN2CCC3(CCNCC3)C2)cc1OC.Cl. The van der Waals surface area contributed by atoms with E-state index in [0.29, 0.717) is 18.6 Å². The largest absolute Gasteiger partial charge is 0.493 e. The summed E-state index contributed by atoms with van der Waals surface area (Å²) in [6.07, 6.45) is 3.97. The third-order valence-electron chi connectivity index (χ3n) is 5.36. The van der Waals surface area contributed by atoms with E-state index < -0.39 is 0 Å². The monoisotopic (exact) mass is 370 g/mol. The fourth-order valence-electron chi connectivity index (χ4n) is 3.95. The van der Waals surface area contributed by atoms with E-state index in [1.54, 1.807) is 14.2 Å². The molecule has 0 amide bonds. The van der Waals surface area contributed by atoms with Gasteiger partial charge in [-0.15, -0.1) is 12.4 Å². The summed E-state index contributed by atoms with van der Waals surface area (Å²) in [6.45, 7) is 6.89. The summed E-state index contributed by atoms with van der Waals surface area (Å²) in [5, 5.41) is 3.48. The molecule has 0 aromatic heterocycles. The van der Waals surface area contributed by atoms with Gasteiger partial charge in [0.25, 0.3) is 0 Å². The summed E-state index contributed by atoms with van der Waals surface area (Å²) < 4.78 is 16.2. The zero-order valence-electron chi connectivity index (χ0n) is 15.4. The maximum atomic E-state index is 5.71. The topological polar surface area (TPSA) is 43.0 Å². The highest BCUT2D eigenvalue weighted by atomic mass is 35.5. The Balaban J connectivity index is 0.00000225. The van der Waals surface area contributed by atoms with Crippen molar-refractivity contribution in [1.29, 1.82) is 0 Å². The summed E-state index contributed by atoms with van der Waals surface area (Å²) in [6, 6.07) is 6.27. The van der Waals surface area contributed by atoms with Gasteiger partial charge in [-0.2, -0.15) is 0 Å². The second kappa shape index (κ2) is 9.62. The molecule has 6 heteroatoms. The van der Waals surface area contributed by atoms with Crippen LogP contribution in [-0.2, 0) is 11.3 Å². The van der Waals surface area contributed by atoms with Crippen molar-refractivity contribution in [3.05, 3.63) is 23.8 Å². The molecule has 1 aromatic rings. The summed E-state index contributed by atoms with van der Waals surface area (Å²) in [5.41, 5.74) is 1.84. The first-order valence-corrected chi connectivity index (χ1v) is 8.96. The number of rotatable bonds is 7. The van der Waals surface area contributed by atoms with Gasteiger partial charge in [0.15, 0.2) is 11.5 Å². The molecular weight excluding hydrogens is 340 g/mol. The first-order valence-electron chi connectivity index (χ1n) is 8.96. The fraction of sp³-hybridized carbons (Fsp3) is 0.684. The van der Waals surface area contributed by atoms with Gasteiger partial charge in [-0.3, -0.25) is 4.90 Å². The number of nitrogens with zero attached hydrogens (tertiary/aromatic N) is 1. The van der Waals surface area contributed by atoms with Gasteiger partial charge in [-0.05, 0) is 62.0 Å². The van der Waals surface area contributed by atoms with Gasteiger partial charge >= 0.3 is 0 Å². The second-order valence-electron chi connectivity index (χ2n) is 7.04. The van der Waals surface area contributed by atoms with E-state index in [-0.39, 0.29) is 12.4 Å². The van der Waals surface area contributed by atoms with Crippen LogP contribution in [0.4, 0.5) is 0 Å². The molecule has 142 valence electrons. The minimum absolute atomic E-state index is 0. The van der Waals surface area contributed by atoms with E-state index in [9.17, 15) is 0 Å². The molecule has 0 saturated carbocycles. The molecule has 2 saturated heterocycles. The second-order valence-corrected chi connectivity index (χ2v) is 7.04. The smallest absolute Gasteiger partial charge is 0.161 e. The van der Waals surface area contributed by atoms with E-state index in [0.717, 1.165) is 18.0 Å². The molecule has 1 aromatic carbocycles. The molecule has 0 unspecified atom stereocenters. The lowest BCUT2D eigenvalue weighted by Crippen LogP contribution is -2.38. The van der Waals surface area contributed by atoms with Crippen LogP contribution in [0.1, 0.15) is 24.8 Å². The van der Waals surface area contributed by atoms with Crippen molar-refractivity contribution in [2.24, 2.45) is 5.41 Å². The Morgan fingerprint density at radius 1 is 1.08 bits per heavy atom. The van der Waals surface area contributed by atoms with Crippen LogP contribution < -0.4 is 14.8 Å². The molecule has 1 N–H and O–H groups in total. The third-order valence-corrected chi connectivity index (χ3v) is 5.36. The number of piperidine rings is 1. The fourth-order valence-corrected chi connectivity index (χ4v) is 3.95. The molecule has 0 radical (unpaired) electrons. The molecule has 0 aliphatic carbocycles. The van der Waals surface area contributed by atoms with Gasteiger partial charge in [0.05, 0.1) is 13.7 Å². The van der Waals surface area contributed by atoms with Crippen molar-refractivity contribution in [3.8, 4) is 11.5 Å². The summed E-state index contributed by atoms with van der Waals surface area (Å²) in [5.74, 6) is 1.59. The Hall–Kier alpha value is -1.01. The van der Waals surface area contributed by atoms with Gasteiger partial charge in [0.2, 0.25) is 0 Å². The van der Waals surface area contributed by atoms with Gasteiger partial charge in [-0.25, -0.2) is 0 Å². The predicted octanol–water partition coefficient (Wildman–Crippen LogP) is 2.72. The van der Waals surface area contributed by atoms with Crippen LogP contribution in [0.3, 0.4) is 0 Å². The number of benzene rings is 1. The van der Waals surface area contributed by atoms with Crippen molar-refractivity contribution in [3.63, 3.8) is 0 Å². The summed E-state index contributed by atoms with van der Waals surface area (Å²) in [4.78, 5) is 2.59. The molecule has 2 heterocycles. The number of hydrogen-bond donors (Lipinski definition) is 1. The molecule has 3 rings (SSSR count). The van der Waals surface area contributed by atoms with E-state index in [2.05, 4.69) is 22.3 Å². The molecule has 25 heavy (non-hydrogen) atoms.